The topological polar surface area (TPSA) is 122 Å². The first-order valence-electron chi connectivity index (χ1n) is 11.4. The third-order valence-electron chi connectivity index (χ3n) is 6.28. The van der Waals surface area contributed by atoms with Crippen LogP contribution in [0.1, 0.15) is 34.5 Å². The Labute approximate surface area is 215 Å². The van der Waals surface area contributed by atoms with Crippen molar-refractivity contribution in [1.29, 1.82) is 0 Å². The van der Waals surface area contributed by atoms with Crippen molar-refractivity contribution >= 4 is 36.1 Å². The van der Waals surface area contributed by atoms with Gasteiger partial charge in [-0.3, -0.25) is 14.8 Å². The lowest BCUT2D eigenvalue weighted by molar-refractivity contribution is -0.186. The molecule has 4 heterocycles. The smallest absolute Gasteiger partial charge is 0.251 e. The van der Waals surface area contributed by atoms with E-state index in [9.17, 15) is 9.90 Å². The Hall–Kier alpha value is -3.60. The van der Waals surface area contributed by atoms with Gasteiger partial charge in [-0.2, -0.15) is 13.5 Å². The van der Waals surface area contributed by atoms with Crippen molar-refractivity contribution in [3.8, 4) is 11.3 Å². The number of fused-ring (bicyclic) bond motifs is 1. The van der Waals surface area contributed by atoms with Crippen molar-refractivity contribution in [2.24, 2.45) is 0 Å². The maximum Gasteiger partial charge on any atom is 0.251 e. The average Bonchev–Trinajstić information content (AvgIpc) is 2.89. The first-order valence-corrected chi connectivity index (χ1v) is 11.4. The molecule has 3 aromatic heterocycles. The molecule has 9 nitrogen and oxygen atoms in total. The number of ether oxygens (including phenoxy) is 1. The van der Waals surface area contributed by atoms with Gasteiger partial charge in [0, 0.05) is 48.9 Å². The molecular weight excluding hydrogens is 476 g/mol. The lowest BCUT2D eigenvalue weighted by Gasteiger charge is -2.35. The number of aromatic nitrogens is 4. The van der Waals surface area contributed by atoms with Gasteiger partial charge in [0.1, 0.15) is 12.1 Å². The van der Waals surface area contributed by atoms with Crippen molar-refractivity contribution in [1.82, 2.24) is 25.3 Å². The number of hydrogen-bond acceptors (Lipinski definition) is 8. The maximum atomic E-state index is 12.3. The summed E-state index contributed by atoms with van der Waals surface area (Å²) in [7, 11) is 1.62. The van der Waals surface area contributed by atoms with Crippen LogP contribution < -0.4 is 10.6 Å². The van der Waals surface area contributed by atoms with Crippen LogP contribution in [0.5, 0.6) is 0 Å². The van der Waals surface area contributed by atoms with E-state index in [1.54, 1.807) is 31.6 Å². The molecule has 1 aliphatic heterocycles. The number of carbonyl (C=O) groups excluding carboxylic acids is 1. The Balaban J connectivity index is 0.00000304. The molecule has 0 saturated carbocycles. The molecule has 186 valence electrons. The molecular formula is C26H28N6O3S. The number of nitrogens with zero attached hydrogens (tertiary/aromatic N) is 4. The van der Waals surface area contributed by atoms with Crippen LogP contribution in [-0.4, -0.2) is 57.8 Å². The summed E-state index contributed by atoms with van der Waals surface area (Å²) in [6.45, 7) is 3.25. The van der Waals surface area contributed by atoms with Gasteiger partial charge in [-0.25, -0.2) is 9.97 Å². The van der Waals surface area contributed by atoms with Crippen molar-refractivity contribution in [3.05, 3.63) is 78.0 Å². The van der Waals surface area contributed by atoms with E-state index < -0.39 is 5.60 Å². The van der Waals surface area contributed by atoms with Gasteiger partial charge < -0.3 is 20.5 Å². The summed E-state index contributed by atoms with van der Waals surface area (Å²) in [5.41, 5.74) is 3.63. The number of pyridine rings is 2. The number of anilines is 1. The van der Waals surface area contributed by atoms with E-state index >= 15 is 0 Å². The van der Waals surface area contributed by atoms with Crippen LogP contribution in [0.15, 0.2) is 61.2 Å². The quantitative estimate of drug-likeness (QED) is 0.351. The predicted molar refractivity (Wildman–Crippen MR) is 142 cm³/mol. The van der Waals surface area contributed by atoms with E-state index in [2.05, 4.69) is 37.5 Å². The van der Waals surface area contributed by atoms with Crippen molar-refractivity contribution in [3.63, 3.8) is 0 Å². The van der Waals surface area contributed by atoms with Crippen LogP contribution in [0, 0.1) is 0 Å². The minimum Gasteiger partial charge on any atom is -0.379 e. The first-order chi connectivity index (χ1) is 17.0. The molecule has 3 N–H and O–H groups in total. The first kappa shape index (κ1) is 25.5. The van der Waals surface area contributed by atoms with Crippen LogP contribution in [0.3, 0.4) is 0 Å². The van der Waals surface area contributed by atoms with Gasteiger partial charge in [0.15, 0.2) is 5.60 Å². The van der Waals surface area contributed by atoms with Crippen LogP contribution in [-0.2, 0) is 10.3 Å². The minimum atomic E-state index is -0.995. The normalized spacial score (nSPS) is 14.9. The number of nitrogens with one attached hydrogen (secondary N) is 2. The van der Waals surface area contributed by atoms with Crippen LogP contribution in [0.2, 0.25) is 0 Å². The zero-order valence-corrected chi connectivity index (χ0v) is 21.0. The summed E-state index contributed by atoms with van der Waals surface area (Å²) in [4.78, 5) is 29.9. The zero-order valence-electron chi connectivity index (χ0n) is 20.0. The second-order valence-electron chi connectivity index (χ2n) is 8.71. The molecule has 0 aliphatic carbocycles. The van der Waals surface area contributed by atoms with E-state index in [0.29, 0.717) is 23.6 Å². The molecule has 0 radical (unpaired) electrons. The summed E-state index contributed by atoms with van der Waals surface area (Å²) < 4.78 is 5.11. The number of rotatable bonds is 7. The van der Waals surface area contributed by atoms with Gasteiger partial charge in [0.05, 0.1) is 35.7 Å². The van der Waals surface area contributed by atoms with Gasteiger partial charge >= 0.3 is 0 Å². The van der Waals surface area contributed by atoms with E-state index in [-0.39, 0.29) is 38.5 Å². The third-order valence-corrected chi connectivity index (χ3v) is 6.28. The summed E-state index contributed by atoms with van der Waals surface area (Å²) >= 11 is 0. The number of benzene rings is 1. The number of hydrogen-bond donors (Lipinski definition) is 3. The maximum absolute atomic E-state index is 12.3. The highest BCUT2D eigenvalue weighted by Gasteiger charge is 2.39. The molecule has 36 heavy (non-hydrogen) atoms. The zero-order chi connectivity index (χ0) is 24.4. The molecule has 0 bridgehead atoms. The monoisotopic (exact) mass is 504 g/mol. The molecule has 5 rings (SSSR count). The van der Waals surface area contributed by atoms with Gasteiger partial charge in [-0.15, -0.1) is 0 Å². The number of amides is 1. The lowest BCUT2D eigenvalue weighted by Crippen LogP contribution is -2.47. The van der Waals surface area contributed by atoms with Crippen LogP contribution in [0.4, 0.5) is 5.82 Å². The Morgan fingerprint density at radius 2 is 1.97 bits per heavy atom. The molecule has 1 saturated heterocycles. The molecule has 1 amide bonds. The summed E-state index contributed by atoms with van der Waals surface area (Å²) in [5.74, 6) is 0.665. The minimum absolute atomic E-state index is 0. The van der Waals surface area contributed by atoms with Crippen LogP contribution in [0.25, 0.3) is 22.2 Å². The van der Waals surface area contributed by atoms with Crippen molar-refractivity contribution < 1.29 is 14.6 Å². The van der Waals surface area contributed by atoms with E-state index in [1.165, 1.54) is 6.33 Å². The van der Waals surface area contributed by atoms with E-state index in [1.807, 2.05) is 30.3 Å². The molecule has 0 spiro atoms. The number of aliphatic hydroxyl groups is 1. The summed E-state index contributed by atoms with van der Waals surface area (Å²) in [6, 6.07) is 13.2. The largest absolute Gasteiger partial charge is 0.379 e. The fraction of sp³-hybridized carbons (Fsp3) is 0.269. The van der Waals surface area contributed by atoms with Crippen LogP contribution >= 0.6 is 13.5 Å². The highest BCUT2D eigenvalue weighted by Crippen LogP contribution is 2.29. The highest BCUT2D eigenvalue weighted by atomic mass is 32.1. The van der Waals surface area contributed by atoms with E-state index in [0.717, 1.165) is 27.7 Å². The summed E-state index contributed by atoms with van der Waals surface area (Å²) in [5, 5.41) is 17.3. The number of para-hydroxylation sites is 1. The fourth-order valence-electron chi connectivity index (χ4n) is 4.17. The third kappa shape index (κ3) is 4.88. The Kier molecular flexibility index (Phi) is 7.48. The average molecular weight is 505 g/mol. The second kappa shape index (κ2) is 10.6. The van der Waals surface area contributed by atoms with Crippen molar-refractivity contribution in [2.75, 3.05) is 32.1 Å². The SMILES string of the molecule is CNC(=O)c1ccnc2c([C@H](C)CNc3cc(-c4ccc(C5(O)COC5)nc4)ncn3)cccc12.S. The summed E-state index contributed by atoms with van der Waals surface area (Å²) in [6.07, 6.45) is 4.88. The van der Waals surface area contributed by atoms with Gasteiger partial charge in [0.2, 0.25) is 0 Å². The molecule has 1 aromatic carbocycles. The van der Waals surface area contributed by atoms with Gasteiger partial charge in [-0.1, -0.05) is 25.1 Å². The Bertz CT molecular complexity index is 1380. The highest BCUT2D eigenvalue weighted by molar-refractivity contribution is 7.59. The lowest BCUT2D eigenvalue weighted by atomic mass is 9.96. The Morgan fingerprint density at radius 1 is 1.14 bits per heavy atom. The van der Waals surface area contributed by atoms with E-state index in [4.69, 9.17) is 4.74 Å². The number of carbonyl (C=O) groups is 1. The molecule has 10 heteroatoms. The predicted octanol–water partition coefficient (Wildman–Crippen LogP) is 2.99. The molecule has 4 aromatic rings. The molecule has 1 aliphatic rings. The molecule has 0 unspecified atom stereocenters. The Morgan fingerprint density at radius 3 is 2.67 bits per heavy atom. The van der Waals surface area contributed by atoms with Gasteiger partial charge in [0.25, 0.3) is 5.91 Å². The molecule has 1 fully saturated rings. The van der Waals surface area contributed by atoms with Gasteiger partial charge in [-0.05, 0) is 23.8 Å². The second-order valence-corrected chi connectivity index (χ2v) is 8.71. The van der Waals surface area contributed by atoms with Crippen molar-refractivity contribution in [2.45, 2.75) is 18.4 Å². The fourth-order valence-corrected chi connectivity index (χ4v) is 4.17. The molecule has 1 atom stereocenters. The standard InChI is InChI=1S/C26H26N6O3.H2S/c1-16(18-4-3-5-19-20(25(33)27-2)8-9-28-24(18)19)11-30-23-10-21(31-15-32-23)17-6-7-22(29-12-17)26(34)13-35-14-26;/h3-10,12,15-16,34H,11,13-14H2,1-2H3,(H,27,33)(H,30,31,32);1H2/t16-;/m1./s1.